The number of halogens is 1. The Morgan fingerprint density at radius 1 is 1.30 bits per heavy atom. The van der Waals surface area contributed by atoms with Gasteiger partial charge in [-0.05, 0) is 18.9 Å². The first-order chi connectivity index (χ1) is 9.33. The molecule has 0 amide bonds. The second-order valence-electron chi connectivity index (χ2n) is 3.89. The van der Waals surface area contributed by atoms with Gasteiger partial charge in [0.15, 0.2) is 11.5 Å². The molecule has 0 aromatic heterocycles. The average Bonchev–Trinajstić information content (AvgIpc) is 2.36. The number of ether oxygens (including phenoxy) is 2. The van der Waals surface area contributed by atoms with Gasteiger partial charge in [-0.15, -0.1) is 0 Å². The third kappa shape index (κ3) is 5.62. The number of nitro groups is 1. The topological polar surface area (TPSA) is 95.7 Å². The summed E-state index contributed by atoms with van der Waals surface area (Å²) in [7, 11) is 3.00. The summed E-state index contributed by atoms with van der Waals surface area (Å²) < 4.78 is 31.8. The molecule has 0 saturated carbocycles. The number of non-ortho nitro benzene ring substituents is 1. The molecule has 0 radical (unpaired) electrons. The normalized spacial score (nSPS) is 11.1. The van der Waals surface area contributed by atoms with Crippen molar-refractivity contribution < 1.29 is 22.8 Å². The molecule has 0 aliphatic heterocycles. The van der Waals surface area contributed by atoms with Gasteiger partial charge in [0.05, 0.1) is 30.5 Å². The fraction of sp³-hybridized carbons (Fsp3) is 0.455. The summed E-state index contributed by atoms with van der Waals surface area (Å²) in [4.78, 5) is 10.1. The quantitative estimate of drug-likeness (QED) is 0.315. The molecule has 0 unspecified atom stereocenters. The predicted molar refractivity (Wildman–Crippen MR) is 74.0 cm³/mol. The van der Waals surface area contributed by atoms with Gasteiger partial charge in [0.2, 0.25) is 9.05 Å². The summed E-state index contributed by atoms with van der Waals surface area (Å²) in [6, 6.07) is 4.01. The molecule has 0 fully saturated rings. The first-order valence-electron chi connectivity index (χ1n) is 5.71. The fourth-order valence-electron chi connectivity index (χ4n) is 1.45. The zero-order valence-electron chi connectivity index (χ0n) is 10.7. The lowest BCUT2D eigenvalue weighted by Crippen LogP contribution is -2.03. The molecule has 1 aromatic carbocycles. The SMILES string of the molecule is COc1ccc([N+](=O)[O-])cc1OCCCCS(=O)(=O)Cl. The highest BCUT2D eigenvalue weighted by Crippen LogP contribution is 2.31. The van der Waals surface area contributed by atoms with E-state index in [1.54, 1.807) is 0 Å². The Morgan fingerprint density at radius 3 is 2.55 bits per heavy atom. The monoisotopic (exact) mass is 323 g/mol. The highest BCUT2D eigenvalue weighted by atomic mass is 35.7. The molecule has 1 aromatic rings. The van der Waals surface area contributed by atoms with Crippen molar-refractivity contribution in [2.75, 3.05) is 19.5 Å². The second-order valence-corrected chi connectivity index (χ2v) is 6.79. The Bertz CT molecular complexity index is 574. The van der Waals surface area contributed by atoms with E-state index >= 15 is 0 Å². The summed E-state index contributed by atoms with van der Waals surface area (Å²) in [5.74, 6) is 0.486. The van der Waals surface area contributed by atoms with Crippen molar-refractivity contribution in [1.29, 1.82) is 0 Å². The maximum absolute atomic E-state index is 10.7. The third-order valence-electron chi connectivity index (χ3n) is 2.40. The smallest absolute Gasteiger partial charge is 0.273 e. The van der Waals surface area contributed by atoms with Crippen LogP contribution in [0.2, 0.25) is 0 Å². The van der Waals surface area contributed by atoms with Crippen molar-refractivity contribution in [1.82, 2.24) is 0 Å². The number of rotatable bonds is 8. The zero-order valence-corrected chi connectivity index (χ0v) is 12.3. The van der Waals surface area contributed by atoms with Crippen molar-refractivity contribution >= 4 is 25.4 Å². The predicted octanol–water partition coefficient (Wildman–Crippen LogP) is 2.33. The Labute approximate surface area is 121 Å². The van der Waals surface area contributed by atoms with E-state index in [9.17, 15) is 18.5 Å². The lowest BCUT2D eigenvalue weighted by molar-refractivity contribution is -0.385. The van der Waals surface area contributed by atoms with Crippen molar-refractivity contribution in [3.05, 3.63) is 28.3 Å². The molecule has 1 rings (SSSR count). The first-order valence-corrected chi connectivity index (χ1v) is 8.19. The van der Waals surface area contributed by atoms with E-state index in [0.717, 1.165) is 0 Å². The van der Waals surface area contributed by atoms with Gasteiger partial charge in [0, 0.05) is 16.7 Å². The van der Waals surface area contributed by atoms with Gasteiger partial charge in [-0.25, -0.2) is 8.42 Å². The molecule has 0 aliphatic rings. The molecule has 112 valence electrons. The molecular weight excluding hydrogens is 310 g/mol. The minimum atomic E-state index is -3.50. The van der Waals surface area contributed by atoms with Gasteiger partial charge >= 0.3 is 0 Å². The Hall–Kier alpha value is -1.54. The van der Waals surface area contributed by atoms with Crippen LogP contribution in [-0.2, 0) is 9.05 Å². The van der Waals surface area contributed by atoms with Crippen LogP contribution in [0.15, 0.2) is 18.2 Å². The molecule has 0 bridgehead atoms. The van der Waals surface area contributed by atoms with Crippen molar-refractivity contribution in [3.63, 3.8) is 0 Å². The zero-order chi connectivity index (χ0) is 15.2. The van der Waals surface area contributed by atoms with E-state index in [1.807, 2.05) is 0 Å². The van der Waals surface area contributed by atoms with Crippen LogP contribution in [0.4, 0.5) is 5.69 Å². The van der Waals surface area contributed by atoms with E-state index in [4.69, 9.17) is 20.2 Å². The Balaban J connectivity index is 2.58. The van der Waals surface area contributed by atoms with Crippen LogP contribution in [0.25, 0.3) is 0 Å². The number of hydrogen-bond donors (Lipinski definition) is 0. The lowest BCUT2D eigenvalue weighted by atomic mass is 10.3. The molecule has 0 saturated heterocycles. The molecule has 7 nitrogen and oxygen atoms in total. The molecule has 0 aliphatic carbocycles. The molecule has 20 heavy (non-hydrogen) atoms. The minimum Gasteiger partial charge on any atom is -0.493 e. The Morgan fingerprint density at radius 2 is 2.00 bits per heavy atom. The number of benzene rings is 1. The van der Waals surface area contributed by atoms with E-state index < -0.39 is 14.0 Å². The maximum atomic E-state index is 10.7. The van der Waals surface area contributed by atoms with Crippen molar-refractivity contribution in [2.24, 2.45) is 0 Å². The summed E-state index contributed by atoms with van der Waals surface area (Å²) in [5.41, 5.74) is -0.107. The van der Waals surface area contributed by atoms with Gasteiger partial charge < -0.3 is 9.47 Å². The van der Waals surface area contributed by atoms with Crippen LogP contribution in [0, 0.1) is 10.1 Å². The number of unbranched alkanes of at least 4 members (excludes halogenated alkanes) is 1. The average molecular weight is 324 g/mol. The van der Waals surface area contributed by atoms with Crippen molar-refractivity contribution in [3.8, 4) is 11.5 Å². The highest BCUT2D eigenvalue weighted by molar-refractivity contribution is 8.13. The number of hydrogen-bond acceptors (Lipinski definition) is 6. The lowest BCUT2D eigenvalue weighted by Gasteiger charge is -2.10. The van der Waals surface area contributed by atoms with Gasteiger partial charge in [0.1, 0.15) is 0 Å². The molecule has 0 atom stereocenters. The van der Waals surface area contributed by atoms with Gasteiger partial charge in [-0.2, -0.15) is 0 Å². The van der Waals surface area contributed by atoms with E-state index in [-0.39, 0.29) is 23.8 Å². The molecule has 9 heteroatoms. The van der Waals surface area contributed by atoms with Crippen LogP contribution in [-0.4, -0.2) is 32.8 Å². The van der Waals surface area contributed by atoms with Gasteiger partial charge in [-0.3, -0.25) is 10.1 Å². The Kier molecular flexibility index (Phi) is 6.03. The summed E-state index contributed by atoms with van der Waals surface area (Å²) >= 11 is 0. The third-order valence-corrected chi connectivity index (χ3v) is 3.64. The van der Waals surface area contributed by atoms with Gasteiger partial charge in [0.25, 0.3) is 5.69 Å². The van der Waals surface area contributed by atoms with Gasteiger partial charge in [-0.1, -0.05) is 0 Å². The van der Waals surface area contributed by atoms with E-state index in [1.165, 1.54) is 25.3 Å². The maximum Gasteiger partial charge on any atom is 0.273 e. The van der Waals surface area contributed by atoms with Crippen LogP contribution in [0.3, 0.4) is 0 Å². The summed E-state index contributed by atoms with van der Waals surface area (Å²) in [5, 5.41) is 10.7. The summed E-state index contributed by atoms with van der Waals surface area (Å²) in [6.07, 6.45) is 0.806. The van der Waals surface area contributed by atoms with Crippen molar-refractivity contribution in [2.45, 2.75) is 12.8 Å². The number of methoxy groups -OCH3 is 1. The van der Waals surface area contributed by atoms with Crippen LogP contribution in [0.1, 0.15) is 12.8 Å². The van der Waals surface area contributed by atoms with E-state index in [0.29, 0.717) is 18.6 Å². The molecular formula is C11H14ClNO6S. The second kappa shape index (κ2) is 7.30. The number of nitrogens with zero attached hydrogens (tertiary/aromatic N) is 1. The van der Waals surface area contributed by atoms with Crippen LogP contribution in [0.5, 0.6) is 11.5 Å². The summed E-state index contributed by atoms with van der Waals surface area (Å²) in [6.45, 7) is 0.212. The fourth-order valence-corrected chi connectivity index (χ4v) is 2.33. The van der Waals surface area contributed by atoms with Crippen LogP contribution >= 0.6 is 10.7 Å². The molecule has 0 spiro atoms. The highest BCUT2D eigenvalue weighted by Gasteiger charge is 2.12. The minimum absolute atomic E-state index is 0.107. The van der Waals surface area contributed by atoms with E-state index in [2.05, 4.69) is 0 Å². The molecule has 0 heterocycles. The molecule has 0 N–H and O–H groups in total. The van der Waals surface area contributed by atoms with Crippen LogP contribution < -0.4 is 9.47 Å². The number of nitro benzene ring substituents is 1. The standard InChI is InChI=1S/C11H14ClNO6S/c1-18-10-5-4-9(13(14)15)8-11(10)19-6-2-3-7-20(12,16)17/h4-5,8H,2-3,6-7H2,1H3. The largest absolute Gasteiger partial charge is 0.493 e. The first kappa shape index (κ1) is 16.5.